The molecular formula is C25H23N3O6S2. The molecule has 1 fully saturated rings. The van der Waals surface area contributed by atoms with Gasteiger partial charge in [-0.3, -0.25) is 29.1 Å². The van der Waals surface area contributed by atoms with Crippen LogP contribution in [0.15, 0.2) is 52.3 Å². The smallest absolute Gasteiger partial charge is 0.308 e. The fourth-order valence-corrected chi connectivity index (χ4v) is 7.30. The first kappa shape index (κ1) is 24.1. The summed E-state index contributed by atoms with van der Waals surface area (Å²) in [5.74, 6) is -1.40. The van der Waals surface area contributed by atoms with E-state index in [-0.39, 0.29) is 23.2 Å². The van der Waals surface area contributed by atoms with Gasteiger partial charge in [0.2, 0.25) is 17.7 Å². The zero-order valence-electron chi connectivity index (χ0n) is 19.7. The van der Waals surface area contributed by atoms with Crippen molar-refractivity contribution in [1.29, 1.82) is 0 Å². The number of imide groups is 1. The minimum Gasteiger partial charge on any atom is -0.493 e. The van der Waals surface area contributed by atoms with Crippen molar-refractivity contribution in [2.45, 2.75) is 29.7 Å². The Hall–Kier alpha value is -3.57. The molecule has 3 atom stereocenters. The van der Waals surface area contributed by atoms with Gasteiger partial charge in [0.1, 0.15) is 11.8 Å². The van der Waals surface area contributed by atoms with E-state index in [9.17, 15) is 19.2 Å². The monoisotopic (exact) mass is 525 g/mol. The summed E-state index contributed by atoms with van der Waals surface area (Å²) in [5.41, 5.74) is 2.40. The molecule has 3 heterocycles. The van der Waals surface area contributed by atoms with Crippen LogP contribution in [-0.2, 0) is 20.9 Å². The van der Waals surface area contributed by atoms with Gasteiger partial charge in [0.15, 0.2) is 11.5 Å². The highest BCUT2D eigenvalue weighted by molar-refractivity contribution is 8.00. The quantitative estimate of drug-likeness (QED) is 0.476. The molecule has 2 N–H and O–H groups in total. The molecule has 1 saturated heterocycles. The van der Waals surface area contributed by atoms with E-state index in [4.69, 9.17) is 9.47 Å². The van der Waals surface area contributed by atoms with Gasteiger partial charge in [-0.15, -0.1) is 0 Å². The number of ether oxygens (including phenoxy) is 2. The number of benzene rings is 2. The third kappa shape index (κ3) is 4.18. The molecule has 2 aromatic carbocycles. The molecule has 11 heteroatoms. The van der Waals surface area contributed by atoms with Crippen LogP contribution in [-0.4, -0.2) is 41.8 Å². The molecule has 36 heavy (non-hydrogen) atoms. The molecule has 0 saturated carbocycles. The molecule has 3 aromatic rings. The van der Waals surface area contributed by atoms with Gasteiger partial charge in [-0.2, -0.15) is 0 Å². The number of thiazole rings is 1. The van der Waals surface area contributed by atoms with E-state index in [1.54, 1.807) is 30.3 Å². The maximum atomic E-state index is 13.1. The zero-order valence-corrected chi connectivity index (χ0v) is 21.3. The minimum atomic E-state index is -0.719. The van der Waals surface area contributed by atoms with Gasteiger partial charge >= 0.3 is 4.87 Å². The van der Waals surface area contributed by atoms with Crippen molar-refractivity contribution in [3.8, 4) is 11.5 Å². The second-order valence-electron chi connectivity index (χ2n) is 8.55. The van der Waals surface area contributed by atoms with Crippen LogP contribution in [0.4, 0.5) is 5.69 Å². The number of rotatable bonds is 6. The Morgan fingerprint density at radius 2 is 1.75 bits per heavy atom. The number of carbonyl (C=O) groups is 3. The molecule has 2 aliphatic heterocycles. The van der Waals surface area contributed by atoms with Crippen molar-refractivity contribution in [2.75, 3.05) is 19.5 Å². The molecule has 5 rings (SSSR count). The van der Waals surface area contributed by atoms with Gasteiger partial charge in [-0.25, -0.2) is 0 Å². The van der Waals surface area contributed by atoms with Gasteiger partial charge in [-0.05, 0) is 36.8 Å². The van der Waals surface area contributed by atoms with E-state index in [1.165, 1.54) is 18.8 Å². The van der Waals surface area contributed by atoms with Gasteiger partial charge in [0, 0.05) is 16.5 Å². The number of carbonyl (C=O) groups excluding carboxylic acids is 3. The fraction of sp³-hybridized carbons (Fsp3) is 0.280. The number of aryl methyl sites for hydroxylation is 1. The van der Waals surface area contributed by atoms with Crippen LogP contribution in [0.25, 0.3) is 0 Å². The Morgan fingerprint density at radius 3 is 2.44 bits per heavy atom. The van der Waals surface area contributed by atoms with Crippen LogP contribution >= 0.6 is 23.1 Å². The van der Waals surface area contributed by atoms with E-state index in [1.807, 2.05) is 19.1 Å². The summed E-state index contributed by atoms with van der Waals surface area (Å²) in [6, 6.07) is 12.6. The van der Waals surface area contributed by atoms with Crippen molar-refractivity contribution < 1.29 is 23.9 Å². The number of methoxy groups -OCH3 is 2. The molecule has 3 amide bonds. The van der Waals surface area contributed by atoms with Crippen molar-refractivity contribution in [3.05, 3.63) is 68.1 Å². The molecule has 0 bridgehead atoms. The van der Waals surface area contributed by atoms with Crippen molar-refractivity contribution in [3.63, 3.8) is 0 Å². The third-order valence-electron chi connectivity index (χ3n) is 6.29. The Balaban J connectivity index is 1.55. The van der Waals surface area contributed by atoms with E-state index >= 15 is 0 Å². The van der Waals surface area contributed by atoms with Gasteiger partial charge in [0.05, 0.1) is 25.2 Å². The maximum Gasteiger partial charge on any atom is 0.308 e. The highest BCUT2D eigenvalue weighted by Gasteiger charge is 2.53. The lowest BCUT2D eigenvalue weighted by Gasteiger charge is -2.31. The summed E-state index contributed by atoms with van der Waals surface area (Å²) in [6.07, 6.45) is 0. The SMILES string of the molecule is COc1ccc([C@@H]2c3sc(=O)n(CC(=O)Nc4ccc(C)cc4)c3S[C@@H]3C(=O)NC(=O)[C@H]23)cc1OC. The predicted octanol–water partition coefficient (Wildman–Crippen LogP) is 2.75. The Morgan fingerprint density at radius 1 is 1.03 bits per heavy atom. The van der Waals surface area contributed by atoms with E-state index in [0.717, 1.165) is 28.7 Å². The number of aromatic nitrogens is 1. The summed E-state index contributed by atoms with van der Waals surface area (Å²) in [6.45, 7) is 1.74. The first-order valence-corrected chi connectivity index (χ1v) is 12.8. The van der Waals surface area contributed by atoms with Crippen molar-refractivity contribution in [2.24, 2.45) is 5.92 Å². The number of amides is 3. The van der Waals surface area contributed by atoms with E-state index < -0.39 is 23.0 Å². The molecule has 9 nitrogen and oxygen atoms in total. The molecule has 0 unspecified atom stereocenters. The molecule has 0 aliphatic carbocycles. The fourth-order valence-electron chi connectivity index (χ4n) is 4.56. The van der Waals surface area contributed by atoms with E-state index in [0.29, 0.717) is 32.7 Å². The molecule has 0 spiro atoms. The molecule has 1 aromatic heterocycles. The number of fused-ring (bicyclic) bond motifs is 2. The highest BCUT2D eigenvalue weighted by Crippen LogP contribution is 2.52. The molecule has 2 aliphatic rings. The second kappa shape index (κ2) is 9.47. The standard InChI is InChI=1S/C25H23N3O6S2/c1-12-4-7-14(8-5-12)26-17(29)11-28-24-21(36-25(28)32)18(19-20(35-24)23(31)27-22(19)30)13-6-9-15(33-2)16(10-13)34-3/h4-10,18-20H,11H2,1-3H3,(H,26,29)(H,27,30,31)/t18-,19+,20-/m0/s1. The van der Waals surface area contributed by atoms with Crippen LogP contribution in [0.5, 0.6) is 11.5 Å². The Labute approximate surface area is 214 Å². The van der Waals surface area contributed by atoms with Crippen LogP contribution in [0.2, 0.25) is 0 Å². The molecule has 0 radical (unpaired) electrons. The topological polar surface area (TPSA) is 116 Å². The highest BCUT2D eigenvalue weighted by atomic mass is 32.2. The lowest BCUT2D eigenvalue weighted by molar-refractivity contribution is -0.126. The minimum absolute atomic E-state index is 0.211. The predicted molar refractivity (Wildman–Crippen MR) is 136 cm³/mol. The van der Waals surface area contributed by atoms with Crippen LogP contribution in [0, 0.1) is 12.8 Å². The van der Waals surface area contributed by atoms with E-state index in [2.05, 4.69) is 10.6 Å². The Bertz CT molecular complexity index is 1430. The van der Waals surface area contributed by atoms with Crippen LogP contribution in [0.1, 0.15) is 21.9 Å². The van der Waals surface area contributed by atoms with Crippen molar-refractivity contribution >= 4 is 46.5 Å². The zero-order chi connectivity index (χ0) is 25.6. The van der Waals surface area contributed by atoms with Gasteiger partial charge < -0.3 is 14.8 Å². The van der Waals surface area contributed by atoms with Crippen molar-refractivity contribution in [1.82, 2.24) is 9.88 Å². The number of nitrogens with zero attached hydrogens (tertiary/aromatic N) is 1. The summed E-state index contributed by atoms with van der Waals surface area (Å²) in [4.78, 5) is 51.7. The lowest BCUT2D eigenvalue weighted by atomic mass is 9.83. The second-order valence-corrected chi connectivity index (χ2v) is 10.7. The first-order chi connectivity index (χ1) is 17.3. The van der Waals surface area contributed by atoms with Gasteiger partial charge in [-0.1, -0.05) is 46.9 Å². The summed E-state index contributed by atoms with van der Waals surface area (Å²) in [7, 11) is 3.04. The largest absolute Gasteiger partial charge is 0.493 e. The number of nitrogens with one attached hydrogen (secondary N) is 2. The lowest BCUT2D eigenvalue weighted by Crippen LogP contribution is -2.32. The summed E-state index contributed by atoms with van der Waals surface area (Å²) < 4.78 is 12.2. The van der Waals surface area contributed by atoms with Crippen LogP contribution < -0.4 is 25.0 Å². The third-order valence-corrected chi connectivity index (χ3v) is 8.91. The number of hydrogen-bond donors (Lipinski definition) is 2. The molecule has 186 valence electrons. The summed E-state index contributed by atoms with van der Waals surface area (Å²) in [5, 5.41) is 5.04. The average Bonchev–Trinajstić information content (AvgIpc) is 3.33. The number of thioether (sulfide) groups is 1. The van der Waals surface area contributed by atoms with Crippen LogP contribution in [0.3, 0.4) is 0 Å². The van der Waals surface area contributed by atoms with Gasteiger partial charge in [0.25, 0.3) is 0 Å². The molecular weight excluding hydrogens is 502 g/mol. The summed E-state index contributed by atoms with van der Waals surface area (Å²) >= 11 is 2.15. The maximum absolute atomic E-state index is 13.1. The average molecular weight is 526 g/mol. The normalized spacial score (nSPS) is 20.4. The Kier molecular flexibility index (Phi) is 6.35. The number of hydrogen-bond acceptors (Lipinski definition) is 8. The first-order valence-electron chi connectivity index (χ1n) is 11.1. The number of anilines is 1.